The number of hydrogen-bond donors (Lipinski definition) is 2. The van der Waals surface area contributed by atoms with E-state index in [1.165, 1.54) is 6.07 Å². The molecule has 23 heavy (non-hydrogen) atoms. The van der Waals surface area contributed by atoms with Crippen molar-refractivity contribution in [3.63, 3.8) is 0 Å². The molecule has 1 saturated heterocycles. The maximum atomic E-state index is 14.9. The number of anilines is 1. The van der Waals surface area contributed by atoms with Gasteiger partial charge in [0.15, 0.2) is 5.82 Å². The van der Waals surface area contributed by atoms with Gasteiger partial charge in [0.25, 0.3) is 5.91 Å². The van der Waals surface area contributed by atoms with E-state index in [1.54, 1.807) is 16.9 Å². The maximum Gasteiger partial charge on any atom is 0.326 e. The fraction of sp³-hybridized carbons (Fsp3) is 0.267. The molecule has 2 N–H and O–H groups in total. The molecule has 0 spiro atoms. The van der Waals surface area contributed by atoms with E-state index >= 15 is 0 Å². The number of halogens is 1. The Labute approximate surface area is 131 Å². The van der Waals surface area contributed by atoms with Gasteiger partial charge in [-0.3, -0.25) is 4.79 Å². The Hall–Kier alpha value is -2.35. The summed E-state index contributed by atoms with van der Waals surface area (Å²) < 4.78 is 41.1. The lowest BCUT2D eigenvalue weighted by Crippen LogP contribution is -2.30. The van der Waals surface area contributed by atoms with Crippen molar-refractivity contribution >= 4 is 32.6 Å². The summed E-state index contributed by atoms with van der Waals surface area (Å²) in [5.74, 6) is -1.72. The topological polar surface area (TPSA) is 86.7 Å². The van der Waals surface area contributed by atoms with E-state index in [0.717, 1.165) is 18.4 Å². The summed E-state index contributed by atoms with van der Waals surface area (Å²) in [4.78, 5) is 11.3. The summed E-state index contributed by atoms with van der Waals surface area (Å²) in [7, 11) is -4.18. The van der Waals surface area contributed by atoms with E-state index < -0.39 is 39.9 Å². The minimum Gasteiger partial charge on any atom is -0.506 e. The second-order valence-corrected chi connectivity index (χ2v) is 7.45. The van der Waals surface area contributed by atoms with Gasteiger partial charge in [0.2, 0.25) is 0 Å². The SMILES string of the molecule is O=C1CN(c2c(O)cc3ccc(C4CC4)cc3c2F)S(=O)(=O)N1. The van der Waals surface area contributed by atoms with Crippen molar-refractivity contribution in [2.75, 3.05) is 10.8 Å². The van der Waals surface area contributed by atoms with Crippen molar-refractivity contribution in [3.8, 4) is 5.75 Å². The van der Waals surface area contributed by atoms with Gasteiger partial charge in [0.1, 0.15) is 18.0 Å². The molecule has 1 amide bonds. The van der Waals surface area contributed by atoms with Gasteiger partial charge in [-0.1, -0.05) is 12.1 Å². The van der Waals surface area contributed by atoms with E-state index in [1.807, 2.05) is 6.07 Å². The third-order valence-electron chi connectivity index (χ3n) is 4.17. The summed E-state index contributed by atoms with van der Waals surface area (Å²) in [5.41, 5.74) is 0.496. The first-order valence-electron chi connectivity index (χ1n) is 7.15. The van der Waals surface area contributed by atoms with Gasteiger partial charge >= 0.3 is 10.2 Å². The molecule has 1 aliphatic heterocycles. The zero-order valence-electron chi connectivity index (χ0n) is 11.9. The zero-order chi connectivity index (χ0) is 16.4. The monoisotopic (exact) mass is 336 g/mol. The number of fused-ring (bicyclic) bond motifs is 1. The quantitative estimate of drug-likeness (QED) is 0.875. The Balaban J connectivity index is 1.94. The largest absolute Gasteiger partial charge is 0.506 e. The second kappa shape index (κ2) is 4.58. The predicted molar refractivity (Wildman–Crippen MR) is 82.0 cm³/mol. The van der Waals surface area contributed by atoms with Crippen LogP contribution in [0.15, 0.2) is 24.3 Å². The van der Waals surface area contributed by atoms with Crippen molar-refractivity contribution in [2.45, 2.75) is 18.8 Å². The molecule has 0 atom stereocenters. The summed E-state index contributed by atoms with van der Waals surface area (Å²) in [5, 5.41) is 10.8. The van der Waals surface area contributed by atoms with Crippen LogP contribution < -0.4 is 9.03 Å². The molecule has 0 aromatic heterocycles. The van der Waals surface area contributed by atoms with Gasteiger partial charge < -0.3 is 5.11 Å². The first-order chi connectivity index (χ1) is 10.9. The molecule has 1 saturated carbocycles. The number of nitrogens with one attached hydrogen (secondary N) is 1. The highest BCUT2D eigenvalue weighted by molar-refractivity contribution is 7.92. The van der Waals surface area contributed by atoms with Crippen LogP contribution in [0.1, 0.15) is 24.3 Å². The molecule has 1 heterocycles. The minimum absolute atomic E-state index is 0.233. The molecule has 2 fully saturated rings. The van der Waals surface area contributed by atoms with Gasteiger partial charge in [0.05, 0.1) is 0 Å². The number of phenolic OH excluding ortho intramolecular Hbond substituents is 1. The van der Waals surface area contributed by atoms with Gasteiger partial charge in [-0.2, -0.15) is 8.42 Å². The molecule has 120 valence electrons. The van der Waals surface area contributed by atoms with Crippen molar-refractivity contribution in [3.05, 3.63) is 35.6 Å². The van der Waals surface area contributed by atoms with E-state index in [9.17, 15) is 22.7 Å². The molecule has 6 nitrogen and oxygen atoms in total. The van der Waals surface area contributed by atoms with E-state index in [0.29, 0.717) is 15.6 Å². The molecule has 0 bridgehead atoms. The third kappa shape index (κ3) is 2.21. The number of rotatable bonds is 2. The number of benzene rings is 2. The lowest BCUT2D eigenvalue weighted by Gasteiger charge is -2.18. The fourth-order valence-electron chi connectivity index (χ4n) is 2.90. The van der Waals surface area contributed by atoms with Gasteiger partial charge in [-0.25, -0.2) is 13.4 Å². The average molecular weight is 336 g/mol. The van der Waals surface area contributed by atoms with Gasteiger partial charge in [0, 0.05) is 5.39 Å². The average Bonchev–Trinajstić information content (AvgIpc) is 3.26. The standard InChI is InChI=1S/C15H13FN2O4S/c16-14-11-5-9(8-1-2-8)3-4-10(11)6-12(19)15(14)18-7-13(20)17-23(18,21)22/h3-6,8,19H,1-2,7H2,(H,17,20). The van der Waals surface area contributed by atoms with Crippen LogP contribution in [0.5, 0.6) is 5.75 Å². The molecule has 0 radical (unpaired) electrons. The van der Waals surface area contributed by atoms with Crippen LogP contribution in [-0.4, -0.2) is 26.0 Å². The number of amides is 1. The predicted octanol–water partition coefficient (Wildman–Crippen LogP) is 1.74. The van der Waals surface area contributed by atoms with Crippen molar-refractivity contribution in [1.29, 1.82) is 0 Å². The van der Waals surface area contributed by atoms with Crippen molar-refractivity contribution in [2.24, 2.45) is 0 Å². The van der Waals surface area contributed by atoms with Gasteiger partial charge in [-0.15, -0.1) is 0 Å². The Morgan fingerprint density at radius 1 is 1.26 bits per heavy atom. The van der Waals surface area contributed by atoms with Crippen LogP contribution in [0, 0.1) is 5.82 Å². The van der Waals surface area contributed by atoms with Crippen LogP contribution in [0.3, 0.4) is 0 Å². The molecule has 0 unspecified atom stereocenters. The summed E-state index contributed by atoms with van der Waals surface area (Å²) >= 11 is 0. The summed E-state index contributed by atoms with van der Waals surface area (Å²) in [6.45, 7) is -0.555. The molecular formula is C15H13FN2O4S. The van der Waals surface area contributed by atoms with Crippen LogP contribution in [0.2, 0.25) is 0 Å². The van der Waals surface area contributed by atoms with E-state index in [2.05, 4.69) is 0 Å². The smallest absolute Gasteiger partial charge is 0.326 e. The number of aromatic hydroxyl groups is 1. The lowest BCUT2D eigenvalue weighted by molar-refractivity contribution is -0.117. The Morgan fingerprint density at radius 3 is 2.61 bits per heavy atom. The summed E-state index contributed by atoms with van der Waals surface area (Å²) in [6.07, 6.45) is 2.11. The van der Waals surface area contributed by atoms with Crippen LogP contribution >= 0.6 is 0 Å². The van der Waals surface area contributed by atoms with Crippen LogP contribution in [0.4, 0.5) is 10.1 Å². The Morgan fingerprint density at radius 2 is 2.00 bits per heavy atom. The highest BCUT2D eigenvalue weighted by atomic mass is 32.2. The zero-order valence-corrected chi connectivity index (χ0v) is 12.7. The first kappa shape index (κ1) is 14.3. The summed E-state index contributed by atoms with van der Waals surface area (Å²) in [6, 6.07) is 6.58. The van der Waals surface area contributed by atoms with Crippen molar-refractivity contribution < 1.29 is 22.7 Å². The molecule has 1 aliphatic carbocycles. The molecule has 2 aliphatic rings. The number of phenols is 1. The van der Waals surface area contributed by atoms with Crippen LogP contribution in [0.25, 0.3) is 10.8 Å². The first-order valence-corrected chi connectivity index (χ1v) is 8.59. The highest BCUT2D eigenvalue weighted by Crippen LogP contribution is 2.43. The van der Waals surface area contributed by atoms with E-state index in [-0.39, 0.29) is 5.39 Å². The molecule has 4 rings (SSSR count). The Kier molecular flexibility index (Phi) is 2.84. The fourth-order valence-corrected chi connectivity index (χ4v) is 4.06. The molecule has 8 heteroatoms. The Bertz CT molecular complexity index is 954. The number of carbonyl (C=O) groups is 1. The second-order valence-electron chi connectivity index (χ2n) is 5.85. The molecule has 2 aromatic rings. The maximum absolute atomic E-state index is 14.9. The normalized spacial score (nSPS) is 20.0. The van der Waals surface area contributed by atoms with Gasteiger partial charge in [-0.05, 0) is 41.8 Å². The lowest BCUT2D eigenvalue weighted by atomic mass is 10.0. The third-order valence-corrected chi connectivity index (χ3v) is 5.55. The molecular weight excluding hydrogens is 323 g/mol. The number of nitrogens with zero attached hydrogens (tertiary/aromatic N) is 1. The highest BCUT2D eigenvalue weighted by Gasteiger charge is 2.38. The van der Waals surface area contributed by atoms with Crippen molar-refractivity contribution in [1.82, 2.24) is 4.72 Å². The minimum atomic E-state index is -4.18. The number of carbonyl (C=O) groups excluding carboxylic acids is 1. The number of hydrogen-bond acceptors (Lipinski definition) is 4. The molecule has 2 aromatic carbocycles. The van der Waals surface area contributed by atoms with E-state index in [4.69, 9.17) is 0 Å². The van der Waals surface area contributed by atoms with Crippen LogP contribution in [-0.2, 0) is 15.0 Å².